The van der Waals surface area contributed by atoms with Gasteiger partial charge in [-0.25, -0.2) is 0 Å². The van der Waals surface area contributed by atoms with Gasteiger partial charge in [-0.2, -0.15) is 0 Å². The van der Waals surface area contributed by atoms with E-state index in [-0.39, 0.29) is 0 Å². The molecule has 2 aliphatic carbocycles. The van der Waals surface area contributed by atoms with Gasteiger partial charge in [0.05, 0.1) is 6.54 Å². The Morgan fingerprint density at radius 1 is 0.548 bits per heavy atom. The van der Waals surface area contributed by atoms with Gasteiger partial charge in [-0.05, 0) is 149 Å². The second-order valence-corrected chi connectivity index (χ2v) is 15.8. The monoisotopic (exact) mass is 803 g/mol. The van der Waals surface area contributed by atoms with Crippen LogP contribution in [0.3, 0.4) is 0 Å². The third-order valence-electron chi connectivity index (χ3n) is 11.4. The Kier molecular flexibility index (Phi) is 14.9. The first kappa shape index (κ1) is 43.0. The summed E-state index contributed by atoms with van der Waals surface area (Å²) in [7, 11) is 0. The summed E-state index contributed by atoms with van der Waals surface area (Å²) in [6, 6.07) is 54.3. The highest BCUT2D eigenvalue weighted by Crippen LogP contribution is 2.33. The first-order valence-electron chi connectivity index (χ1n) is 21.9. The van der Waals surface area contributed by atoms with Crippen LogP contribution < -0.4 is 0 Å². The highest BCUT2D eigenvalue weighted by Gasteiger charge is 2.12. The molecular formula is C61H57N. The topological polar surface area (TPSA) is 12.4 Å². The average molecular weight is 804 g/mol. The van der Waals surface area contributed by atoms with Crippen LogP contribution in [0.1, 0.15) is 74.3 Å². The van der Waals surface area contributed by atoms with E-state index in [1.54, 1.807) is 0 Å². The highest BCUT2D eigenvalue weighted by atomic mass is 14.7. The molecule has 2 aliphatic rings. The van der Waals surface area contributed by atoms with Gasteiger partial charge >= 0.3 is 0 Å². The molecule has 8 rings (SSSR count). The van der Waals surface area contributed by atoms with Crippen molar-refractivity contribution in [2.75, 3.05) is 6.54 Å². The molecule has 62 heavy (non-hydrogen) atoms. The lowest BCUT2D eigenvalue weighted by Crippen LogP contribution is -2.01. The standard InChI is InChI=1S/C52H47N.C9H10/c1-4-18-51(48-29-16-27-46(35-48)44-25-14-23-42(33-44)40-19-8-6-9-20-40)39(5-2)37-53-38(3)50-31-12-13-32-52(50)49-30-17-28-47(36-49)45-26-15-24-43(34-45)41-21-10-7-11-22-41;1-8(2)9-6-4-3-5-7-9/h4-5,8,10,12-36H,2,6-7,9,11,37H2,1,3H3;3-7H,1H2,2H3/b18-4-,51-39-,53-38?;. The van der Waals surface area contributed by atoms with Gasteiger partial charge in [0.15, 0.2) is 0 Å². The molecule has 1 heteroatoms. The van der Waals surface area contributed by atoms with E-state index >= 15 is 0 Å². The zero-order valence-corrected chi connectivity index (χ0v) is 36.5. The molecule has 306 valence electrons. The maximum absolute atomic E-state index is 5.20. The predicted octanol–water partition coefficient (Wildman–Crippen LogP) is 16.9. The van der Waals surface area contributed by atoms with Crippen LogP contribution in [0.15, 0.2) is 230 Å². The van der Waals surface area contributed by atoms with Crippen molar-refractivity contribution in [1.82, 2.24) is 0 Å². The minimum Gasteiger partial charge on any atom is -0.285 e. The summed E-state index contributed by atoms with van der Waals surface area (Å²) in [5.41, 5.74) is 20.2. The van der Waals surface area contributed by atoms with Crippen molar-refractivity contribution in [3.63, 3.8) is 0 Å². The third kappa shape index (κ3) is 11.0. The Morgan fingerprint density at radius 2 is 1.05 bits per heavy atom. The van der Waals surface area contributed by atoms with E-state index in [0.29, 0.717) is 6.54 Å². The fourth-order valence-electron chi connectivity index (χ4n) is 8.02. The van der Waals surface area contributed by atoms with Gasteiger partial charge in [0, 0.05) is 11.3 Å². The zero-order valence-electron chi connectivity index (χ0n) is 36.5. The maximum Gasteiger partial charge on any atom is 0.0648 e. The highest BCUT2D eigenvalue weighted by molar-refractivity contribution is 6.05. The normalized spacial score (nSPS) is 14.0. The van der Waals surface area contributed by atoms with Gasteiger partial charge in [-0.15, -0.1) is 0 Å². The number of hydrogen-bond acceptors (Lipinski definition) is 1. The molecule has 0 N–H and O–H groups in total. The van der Waals surface area contributed by atoms with E-state index in [0.717, 1.165) is 59.2 Å². The molecule has 0 saturated carbocycles. The second kappa shape index (κ2) is 21.4. The maximum atomic E-state index is 5.20. The van der Waals surface area contributed by atoms with Crippen LogP contribution in [0.25, 0.3) is 55.7 Å². The van der Waals surface area contributed by atoms with Gasteiger partial charge in [-0.1, -0.05) is 201 Å². The molecule has 0 aromatic heterocycles. The van der Waals surface area contributed by atoms with Crippen LogP contribution in [-0.2, 0) is 0 Å². The molecule has 0 unspecified atom stereocenters. The van der Waals surface area contributed by atoms with E-state index < -0.39 is 0 Å². The summed E-state index contributed by atoms with van der Waals surface area (Å²) in [5, 5.41) is 0. The number of hydrogen-bond donors (Lipinski definition) is 0. The largest absolute Gasteiger partial charge is 0.285 e. The molecular weight excluding hydrogens is 747 g/mol. The molecule has 0 fully saturated rings. The first-order chi connectivity index (χ1) is 30.4. The number of allylic oxidation sites excluding steroid dienone is 12. The molecule has 0 atom stereocenters. The minimum atomic E-state index is 0.528. The van der Waals surface area contributed by atoms with Crippen molar-refractivity contribution in [2.24, 2.45) is 4.99 Å². The number of benzene rings is 6. The quantitative estimate of drug-likeness (QED) is 0.0863. The Labute approximate surface area is 370 Å². The van der Waals surface area contributed by atoms with E-state index in [2.05, 4.69) is 209 Å². The molecule has 6 aromatic rings. The fourth-order valence-corrected chi connectivity index (χ4v) is 8.02. The van der Waals surface area contributed by atoms with Crippen LogP contribution in [0.2, 0.25) is 0 Å². The Hall–Kier alpha value is -7.09. The van der Waals surface area contributed by atoms with Crippen LogP contribution in [0.5, 0.6) is 0 Å². The lowest BCUT2D eigenvalue weighted by Gasteiger charge is -2.14. The van der Waals surface area contributed by atoms with Crippen LogP contribution in [0, 0.1) is 0 Å². The van der Waals surface area contributed by atoms with E-state index in [4.69, 9.17) is 4.99 Å². The summed E-state index contributed by atoms with van der Waals surface area (Å²) in [6.45, 7) is 14.8. The number of aliphatic imine (C=N–C) groups is 1. The first-order valence-corrected chi connectivity index (χ1v) is 21.9. The SMILES string of the molecule is C=C(C)c1ccccc1.C=C/C(CN=C(C)c1ccccc1-c1cccc(-c2cccc(C3=CCCC=C3)c2)c1)=C(\C=C/C)c1cccc(-c2cccc(C3=CCCC=C3)c2)c1. The molecule has 0 bridgehead atoms. The summed E-state index contributed by atoms with van der Waals surface area (Å²) < 4.78 is 0. The van der Waals surface area contributed by atoms with E-state index in [1.807, 2.05) is 31.2 Å². The predicted molar refractivity (Wildman–Crippen MR) is 272 cm³/mol. The van der Waals surface area contributed by atoms with Gasteiger partial charge in [0.25, 0.3) is 0 Å². The summed E-state index contributed by atoms with van der Waals surface area (Å²) >= 11 is 0. The van der Waals surface area contributed by atoms with Crippen molar-refractivity contribution in [1.29, 1.82) is 0 Å². The molecule has 0 aliphatic heterocycles. The van der Waals surface area contributed by atoms with Crippen LogP contribution in [0.4, 0.5) is 0 Å². The van der Waals surface area contributed by atoms with E-state index in [1.165, 1.54) is 61.2 Å². The summed E-state index contributed by atoms with van der Waals surface area (Å²) in [4.78, 5) is 5.20. The smallest absolute Gasteiger partial charge is 0.0648 e. The second-order valence-electron chi connectivity index (χ2n) is 15.8. The molecule has 6 aromatic carbocycles. The molecule has 0 heterocycles. The zero-order chi connectivity index (χ0) is 43.1. The van der Waals surface area contributed by atoms with Crippen molar-refractivity contribution in [2.45, 2.75) is 46.5 Å². The van der Waals surface area contributed by atoms with Gasteiger partial charge in [0.2, 0.25) is 0 Å². The van der Waals surface area contributed by atoms with Crippen LogP contribution >= 0.6 is 0 Å². The fraction of sp³-hybridized carbons (Fsp3) is 0.131. The number of nitrogens with zero attached hydrogens (tertiary/aromatic N) is 1. The lowest BCUT2D eigenvalue weighted by atomic mass is 9.92. The Balaban J connectivity index is 0.000000572. The van der Waals surface area contributed by atoms with Gasteiger partial charge in [0.1, 0.15) is 0 Å². The third-order valence-corrected chi connectivity index (χ3v) is 11.4. The Bertz CT molecular complexity index is 2760. The molecule has 0 spiro atoms. The van der Waals surface area contributed by atoms with Crippen molar-refractivity contribution in [3.05, 3.63) is 253 Å². The van der Waals surface area contributed by atoms with Crippen molar-refractivity contribution in [3.8, 4) is 33.4 Å². The number of rotatable bonds is 12. The average Bonchev–Trinajstić information content (AvgIpc) is 3.35. The summed E-state index contributed by atoms with van der Waals surface area (Å²) in [5.74, 6) is 0. The minimum absolute atomic E-state index is 0.528. The molecule has 0 radical (unpaired) electrons. The van der Waals surface area contributed by atoms with Gasteiger partial charge < -0.3 is 0 Å². The molecule has 1 nitrogen and oxygen atoms in total. The molecule has 0 saturated heterocycles. The summed E-state index contributed by atoms with van der Waals surface area (Å²) in [6.07, 6.45) is 24.4. The van der Waals surface area contributed by atoms with Gasteiger partial charge in [-0.3, -0.25) is 4.99 Å². The van der Waals surface area contributed by atoms with Crippen LogP contribution in [-0.4, -0.2) is 12.3 Å². The van der Waals surface area contributed by atoms with Crippen molar-refractivity contribution >= 4 is 28.0 Å². The Morgan fingerprint density at radius 3 is 1.58 bits per heavy atom. The molecule has 0 amide bonds. The van der Waals surface area contributed by atoms with Crippen molar-refractivity contribution < 1.29 is 0 Å². The van der Waals surface area contributed by atoms with E-state index in [9.17, 15) is 0 Å². The lowest BCUT2D eigenvalue weighted by molar-refractivity contribution is 1.04.